The predicted octanol–water partition coefficient (Wildman–Crippen LogP) is 5.21. The van der Waals surface area contributed by atoms with Crippen LogP contribution in [0.25, 0.3) is 0 Å². The number of amides is 1. The second-order valence-corrected chi connectivity index (χ2v) is 8.88. The molecular weight excluding hydrogens is 436 g/mol. The Labute approximate surface area is 192 Å². The van der Waals surface area contributed by atoms with Crippen molar-refractivity contribution in [2.75, 3.05) is 4.72 Å². The molecular formula is C26H22N2O4S. The number of nitrogens with one attached hydrogen (secondary N) is 2. The first kappa shape index (κ1) is 22.1. The summed E-state index contributed by atoms with van der Waals surface area (Å²) in [7, 11) is -3.73. The zero-order valence-electron chi connectivity index (χ0n) is 17.6. The lowest BCUT2D eigenvalue weighted by Gasteiger charge is -2.13. The summed E-state index contributed by atoms with van der Waals surface area (Å²) >= 11 is 0. The van der Waals surface area contributed by atoms with E-state index in [9.17, 15) is 13.2 Å². The van der Waals surface area contributed by atoms with Gasteiger partial charge in [-0.15, -0.1) is 0 Å². The monoisotopic (exact) mass is 458 g/mol. The van der Waals surface area contributed by atoms with Gasteiger partial charge in [-0.3, -0.25) is 9.52 Å². The Hall–Kier alpha value is -4.10. The summed E-state index contributed by atoms with van der Waals surface area (Å²) < 4.78 is 33.7. The van der Waals surface area contributed by atoms with E-state index in [1.807, 2.05) is 30.3 Å². The first-order chi connectivity index (χ1) is 16.0. The summed E-state index contributed by atoms with van der Waals surface area (Å²) in [5, 5.41) is 2.84. The molecule has 4 aromatic rings. The molecule has 4 aromatic carbocycles. The molecule has 7 heteroatoms. The first-order valence-electron chi connectivity index (χ1n) is 10.3. The third-order valence-corrected chi connectivity index (χ3v) is 6.23. The van der Waals surface area contributed by atoms with Crippen molar-refractivity contribution in [3.63, 3.8) is 0 Å². The van der Waals surface area contributed by atoms with Gasteiger partial charge in [-0.05, 0) is 60.2 Å². The van der Waals surface area contributed by atoms with Gasteiger partial charge in [0.25, 0.3) is 15.9 Å². The number of carbonyl (C=O) groups is 1. The van der Waals surface area contributed by atoms with Gasteiger partial charge in [-0.25, -0.2) is 8.42 Å². The minimum absolute atomic E-state index is 0.161. The van der Waals surface area contributed by atoms with E-state index in [-0.39, 0.29) is 17.3 Å². The molecule has 0 bridgehead atoms. The number of hydrogen-bond acceptors (Lipinski definition) is 4. The largest absolute Gasteiger partial charge is 0.457 e. The molecule has 0 saturated carbocycles. The average molecular weight is 459 g/mol. The number of benzene rings is 4. The van der Waals surface area contributed by atoms with Gasteiger partial charge in [-0.2, -0.15) is 0 Å². The maximum absolute atomic E-state index is 12.7. The molecule has 0 aliphatic carbocycles. The molecule has 6 nitrogen and oxygen atoms in total. The van der Waals surface area contributed by atoms with E-state index in [1.54, 1.807) is 66.7 Å². The summed E-state index contributed by atoms with van der Waals surface area (Å²) in [6.07, 6.45) is 0. The van der Waals surface area contributed by atoms with Crippen LogP contribution in [0.1, 0.15) is 15.9 Å². The van der Waals surface area contributed by atoms with Gasteiger partial charge in [0.05, 0.1) is 10.6 Å². The highest BCUT2D eigenvalue weighted by atomic mass is 32.2. The van der Waals surface area contributed by atoms with Crippen LogP contribution < -0.4 is 14.8 Å². The van der Waals surface area contributed by atoms with E-state index in [2.05, 4.69) is 10.0 Å². The molecule has 0 aliphatic heterocycles. The zero-order valence-corrected chi connectivity index (χ0v) is 18.5. The molecule has 2 N–H and O–H groups in total. The topological polar surface area (TPSA) is 84.5 Å². The van der Waals surface area contributed by atoms with Crippen LogP contribution in [-0.2, 0) is 16.6 Å². The van der Waals surface area contributed by atoms with E-state index in [0.717, 1.165) is 0 Å². The third-order valence-electron chi connectivity index (χ3n) is 4.85. The quantitative estimate of drug-likeness (QED) is 0.380. The summed E-state index contributed by atoms with van der Waals surface area (Å²) in [5.41, 5.74) is 1.53. The molecule has 166 valence electrons. The Kier molecular flexibility index (Phi) is 6.71. The summed E-state index contributed by atoms with van der Waals surface area (Å²) in [6, 6.07) is 31.3. The van der Waals surface area contributed by atoms with Crippen molar-refractivity contribution >= 4 is 21.6 Å². The third kappa shape index (κ3) is 5.78. The van der Waals surface area contributed by atoms with E-state index in [0.29, 0.717) is 28.3 Å². The molecule has 0 radical (unpaired) electrons. The van der Waals surface area contributed by atoms with Gasteiger partial charge in [-0.1, -0.05) is 54.6 Å². The molecule has 0 aromatic heterocycles. The summed E-state index contributed by atoms with van der Waals surface area (Å²) in [5.74, 6) is 1.06. The fourth-order valence-electron chi connectivity index (χ4n) is 3.15. The molecule has 0 heterocycles. The Morgan fingerprint density at radius 3 is 1.97 bits per heavy atom. The van der Waals surface area contributed by atoms with Crippen LogP contribution >= 0.6 is 0 Å². The highest BCUT2D eigenvalue weighted by Gasteiger charge is 2.16. The van der Waals surface area contributed by atoms with Crippen LogP contribution in [-0.4, -0.2) is 14.3 Å². The van der Waals surface area contributed by atoms with Crippen LogP contribution in [0.4, 0.5) is 5.69 Å². The number of rotatable bonds is 8. The standard InChI is InChI=1S/C26H22N2O4S/c29-26(20-15-17-23(18-16-20)32-22-10-3-1-4-11-22)27-19-21-9-7-8-14-25(21)28-33(30,31)24-12-5-2-6-13-24/h1-18,28H,19H2,(H,27,29). The highest BCUT2D eigenvalue weighted by molar-refractivity contribution is 7.92. The summed E-state index contributed by atoms with van der Waals surface area (Å²) in [6.45, 7) is 0.161. The number of sulfonamides is 1. The second kappa shape index (κ2) is 10.0. The maximum atomic E-state index is 12.7. The number of para-hydroxylation sites is 2. The van der Waals surface area contributed by atoms with Crippen molar-refractivity contribution < 1.29 is 17.9 Å². The minimum atomic E-state index is -3.73. The van der Waals surface area contributed by atoms with Crippen molar-refractivity contribution in [2.24, 2.45) is 0 Å². The zero-order chi connectivity index (χ0) is 23.1. The molecule has 0 fully saturated rings. The second-order valence-electron chi connectivity index (χ2n) is 7.20. The van der Waals surface area contributed by atoms with Crippen LogP contribution in [0.15, 0.2) is 114 Å². The fourth-order valence-corrected chi connectivity index (χ4v) is 4.28. The van der Waals surface area contributed by atoms with Gasteiger partial charge in [0, 0.05) is 12.1 Å². The van der Waals surface area contributed by atoms with E-state index < -0.39 is 10.0 Å². The molecule has 0 atom stereocenters. The van der Waals surface area contributed by atoms with Gasteiger partial charge in [0.1, 0.15) is 11.5 Å². The van der Waals surface area contributed by atoms with Crippen LogP contribution in [0.2, 0.25) is 0 Å². The van der Waals surface area contributed by atoms with Crippen molar-refractivity contribution in [2.45, 2.75) is 11.4 Å². The Bertz CT molecular complexity index is 1320. The van der Waals surface area contributed by atoms with E-state index in [4.69, 9.17) is 4.74 Å². The highest BCUT2D eigenvalue weighted by Crippen LogP contribution is 2.22. The van der Waals surface area contributed by atoms with Crippen LogP contribution in [0.3, 0.4) is 0 Å². The fraction of sp³-hybridized carbons (Fsp3) is 0.0385. The van der Waals surface area contributed by atoms with Crippen LogP contribution in [0.5, 0.6) is 11.5 Å². The van der Waals surface area contributed by atoms with E-state index in [1.165, 1.54) is 12.1 Å². The van der Waals surface area contributed by atoms with Crippen molar-refractivity contribution in [3.05, 3.63) is 120 Å². The molecule has 0 spiro atoms. The molecule has 0 unspecified atom stereocenters. The molecule has 1 amide bonds. The van der Waals surface area contributed by atoms with E-state index >= 15 is 0 Å². The lowest BCUT2D eigenvalue weighted by atomic mass is 10.1. The number of carbonyl (C=O) groups excluding carboxylic acids is 1. The minimum Gasteiger partial charge on any atom is -0.457 e. The maximum Gasteiger partial charge on any atom is 0.261 e. The number of hydrogen-bond donors (Lipinski definition) is 2. The summed E-state index contributed by atoms with van der Waals surface area (Å²) in [4.78, 5) is 12.8. The Morgan fingerprint density at radius 1 is 0.697 bits per heavy atom. The first-order valence-corrected chi connectivity index (χ1v) is 11.8. The Morgan fingerprint density at radius 2 is 1.27 bits per heavy atom. The molecule has 0 saturated heterocycles. The SMILES string of the molecule is O=C(NCc1ccccc1NS(=O)(=O)c1ccccc1)c1ccc(Oc2ccccc2)cc1. The van der Waals surface area contributed by atoms with Gasteiger partial charge >= 0.3 is 0 Å². The van der Waals surface area contributed by atoms with Gasteiger partial charge < -0.3 is 10.1 Å². The predicted molar refractivity (Wildman–Crippen MR) is 128 cm³/mol. The van der Waals surface area contributed by atoms with Gasteiger partial charge in [0.2, 0.25) is 0 Å². The van der Waals surface area contributed by atoms with Crippen molar-refractivity contribution in [3.8, 4) is 11.5 Å². The normalized spacial score (nSPS) is 10.9. The van der Waals surface area contributed by atoms with Crippen molar-refractivity contribution in [1.82, 2.24) is 5.32 Å². The molecule has 0 aliphatic rings. The number of anilines is 1. The smallest absolute Gasteiger partial charge is 0.261 e. The lowest BCUT2D eigenvalue weighted by molar-refractivity contribution is 0.0951. The number of ether oxygens (including phenoxy) is 1. The van der Waals surface area contributed by atoms with Crippen molar-refractivity contribution in [1.29, 1.82) is 0 Å². The lowest BCUT2D eigenvalue weighted by Crippen LogP contribution is -2.24. The average Bonchev–Trinajstić information content (AvgIpc) is 2.85. The molecule has 33 heavy (non-hydrogen) atoms. The van der Waals surface area contributed by atoms with Crippen LogP contribution in [0, 0.1) is 0 Å². The van der Waals surface area contributed by atoms with Gasteiger partial charge in [0.15, 0.2) is 0 Å². The molecule has 4 rings (SSSR count). The Balaban J connectivity index is 1.41.